The zero-order valence-electron chi connectivity index (χ0n) is 17.7. The zero-order chi connectivity index (χ0) is 24.1. The molecule has 0 aliphatic rings. The lowest BCUT2D eigenvalue weighted by Crippen LogP contribution is -2.17. The number of rotatable bonds is 5. The summed E-state index contributed by atoms with van der Waals surface area (Å²) in [5.41, 5.74) is 1.62. The number of benzene rings is 1. The van der Waals surface area contributed by atoms with Gasteiger partial charge in [0.2, 0.25) is 10.5 Å². The van der Waals surface area contributed by atoms with Gasteiger partial charge in [0.15, 0.2) is 11.5 Å². The van der Waals surface area contributed by atoms with Crippen LogP contribution in [0.25, 0.3) is 22.3 Å². The van der Waals surface area contributed by atoms with Gasteiger partial charge >= 0.3 is 0 Å². The van der Waals surface area contributed by atoms with Gasteiger partial charge in [-0.05, 0) is 43.7 Å². The van der Waals surface area contributed by atoms with Gasteiger partial charge in [-0.3, -0.25) is 9.48 Å². The molecule has 0 amide bonds. The minimum atomic E-state index is -4.21. The number of pyridine rings is 1. The van der Waals surface area contributed by atoms with Gasteiger partial charge in [-0.1, -0.05) is 23.2 Å². The monoisotopic (exact) mass is 508 g/mol. The second-order valence-corrected chi connectivity index (χ2v) is 9.69. The Morgan fingerprint density at radius 2 is 1.97 bits per heavy atom. The predicted molar refractivity (Wildman–Crippen MR) is 124 cm³/mol. The third-order valence-corrected chi connectivity index (χ3v) is 6.26. The summed E-state index contributed by atoms with van der Waals surface area (Å²) in [6, 6.07) is 6.18. The van der Waals surface area contributed by atoms with Gasteiger partial charge < -0.3 is 9.15 Å². The number of hydrogen-bond donors (Lipinski definition) is 1. The van der Waals surface area contributed by atoms with Gasteiger partial charge in [0, 0.05) is 18.8 Å². The first kappa shape index (κ1) is 23.2. The first-order valence-electron chi connectivity index (χ1n) is 9.57. The molecule has 0 radical (unpaired) electrons. The fraction of sp³-hybridized carbons (Fsp3) is 0.190. The third kappa shape index (κ3) is 4.47. The van der Waals surface area contributed by atoms with Crippen LogP contribution in [0, 0.1) is 6.92 Å². The molecular weight excluding hydrogens is 491 g/mol. The lowest BCUT2D eigenvalue weighted by Gasteiger charge is -2.19. The molecule has 0 saturated heterocycles. The van der Waals surface area contributed by atoms with Gasteiger partial charge in [0.05, 0.1) is 17.1 Å². The summed E-state index contributed by atoms with van der Waals surface area (Å²) in [6.07, 6.45) is 2.44. The molecular formula is C21H18Cl2N4O5S. The maximum Gasteiger partial charge on any atom is 0.259 e. The van der Waals surface area contributed by atoms with Crippen molar-refractivity contribution in [2.75, 3.05) is 0 Å². The second-order valence-electron chi connectivity index (χ2n) is 7.45. The topological polar surface area (TPSA) is 130 Å². The van der Waals surface area contributed by atoms with Crippen molar-refractivity contribution in [3.8, 4) is 17.1 Å². The smallest absolute Gasteiger partial charge is 0.259 e. The van der Waals surface area contributed by atoms with Crippen LogP contribution < -0.4 is 15.3 Å². The van der Waals surface area contributed by atoms with Gasteiger partial charge in [0.25, 0.3) is 10.0 Å². The standard InChI is InChI=1S/C21H18Cl2N4O5S/c1-10-6-13(11(2)31-15-4-5-16(22)26-21(15)33(24,29)30)20-14(7-10)18(28)17(23)19(32-20)12-8-25-27(3)9-12/h4-9,11H,1-3H3,(H2,24,29,30)/t11-/m1/s1. The van der Waals surface area contributed by atoms with Crippen LogP contribution in [0.3, 0.4) is 0 Å². The summed E-state index contributed by atoms with van der Waals surface area (Å²) in [5.74, 6) is 0.0748. The van der Waals surface area contributed by atoms with E-state index >= 15 is 0 Å². The summed E-state index contributed by atoms with van der Waals surface area (Å²) >= 11 is 12.2. The highest BCUT2D eigenvalue weighted by atomic mass is 35.5. The number of aromatic nitrogens is 3. The number of hydrogen-bond acceptors (Lipinski definition) is 7. The third-order valence-electron chi connectivity index (χ3n) is 4.88. The molecule has 12 heteroatoms. The van der Waals surface area contributed by atoms with E-state index in [2.05, 4.69) is 10.1 Å². The highest BCUT2D eigenvalue weighted by Gasteiger charge is 2.24. The van der Waals surface area contributed by atoms with Gasteiger partial charge in [0.1, 0.15) is 21.9 Å². The number of halogens is 2. The van der Waals surface area contributed by atoms with Crippen LogP contribution >= 0.6 is 23.2 Å². The lowest BCUT2D eigenvalue weighted by atomic mass is 10.0. The second kappa shape index (κ2) is 8.45. The maximum absolute atomic E-state index is 13.1. The Labute approximate surface area is 198 Å². The minimum absolute atomic E-state index is 0.0539. The number of nitrogens with zero attached hydrogens (tertiary/aromatic N) is 3. The first-order valence-corrected chi connectivity index (χ1v) is 11.9. The lowest BCUT2D eigenvalue weighted by molar-refractivity contribution is 0.219. The van der Waals surface area contributed by atoms with Gasteiger partial charge in [-0.2, -0.15) is 5.10 Å². The molecule has 1 atom stereocenters. The summed E-state index contributed by atoms with van der Waals surface area (Å²) in [4.78, 5) is 16.8. The molecule has 4 rings (SSSR count). The molecule has 3 heterocycles. The summed E-state index contributed by atoms with van der Waals surface area (Å²) in [6.45, 7) is 3.48. The Morgan fingerprint density at radius 1 is 1.24 bits per heavy atom. The van der Waals surface area contributed by atoms with Crippen LogP contribution in [0.1, 0.15) is 24.2 Å². The largest absolute Gasteiger partial charge is 0.483 e. The number of aryl methyl sites for hydroxylation is 2. The molecule has 9 nitrogen and oxygen atoms in total. The summed E-state index contributed by atoms with van der Waals surface area (Å²) in [7, 11) is -2.48. The molecule has 0 saturated carbocycles. The molecule has 0 spiro atoms. The van der Waals surface area contributed by atoms with Crippen molar-refractivity contribution in [1.82, 2.24) is 14.8 Å². The minimum Gasteiger partial charge on any atom is -0.483 e. The average molecular weight is 509 g/mol. The fourth-order valence-corrected chi connectivity index (χ4v) is 4.50. The molecule has 33 heavy (non-hydrogen) atoms. The van der Waals surface area contributed by atoms with Crippen molar-refractivity contribution in [2.24, 2.45) is 12.2 Å². The number of primary sulfonamides is 1. The molecule has 0 unspecified atom stereocenters. The van der Waals surface area contributed by atoms with E-state index in [1.54, 1.807) is 43.9 Å². The number of fused-ring (bicyclic) bond motifs is 1. The van der Waals surface area contributed by atoms with Crippen molar-refractivity contribution < 1.29 is 17.6 Å². The average Bonchev–Trinajstić information content (AvgIpc) is 3.17. The highest BCUT2D eigenvalue weighted by molar-refractivity contribution is 7.89. The SMILES string of the molecule is Cc1cc([C@@H](C)Oc2ccc(Cl)nc2S(N)(=O)=O)c2oc(-c3cnn(C)c3)c(Cl)c(=O)c2c1. The van der Waals surface area contributed by atoms with E-state index < -0.39 is 26.6 Å². The highest BCUT2D eigenvalue weighted by Crippen LogP contribution is 2.35. The Bertz CT molecular complexity index is 1560. The molecule has 0 aliphatic heterocycles. The van der Waals surface area contributed by atoms with Crippen LogP contribution in [0.15, 0.2) is 50.9 Å². The molecule has 0 aliphatic carbocycles. The van der Waals surface area contributed by atoms with Crippen LogP contribution in [0.2, 0.25) is 10.2 Å². The van der Waals surface area contributed by atoms with E-state index in [9.17, 15) is 13.2 Å². The summed E-state index contributed by atoms with van der Waals surface area (Å²) in [5, 5.41) is 9.00. The van der Waals surface area contributed by atoms with Crippen molar-refractivity contribution in [2.45, 2.75) is 25.0 Å². The molecule has 172 valence electrons. The van der Waals surface area contributed by atoms with Crippen LogP contribution in [-0.4, -0.2) is 23.2 Å². The first-order chi connectivity index (χ1) is 15.5. The zero-order valence-corrected chi connectivity index (χ0v) is 20.0. The molecule has 0 fully saturated rings. The summed E-state index contributed by atoms with van der Waals surface area (Å²) < 4.78 is 37.5. The molecule has 1 aromatic carbocycles. The van der Waals surface area contributed by atoms with Crippen molar-refractivity contribution in [1.29, 1.82) is 0 Å². The number of ether oxygens (including phenoxy) is 1. The van der Waals surface area contributed by atoms with Crippen LogP contribution in [0.4, 0.5) is 0 Å². The van der Waals surface area contributed by atoms with Crippen LogP contribution in [0.5, 0.6) is 5.75 Å². The number of nitrogens with two attached hydrogens (primary N) is 1. The number of sulfonamides is 1. The van der Waals surface area contributed by atoms with Gasteiger partial charge in [-0.15, -0.1) is 0 Å². The van der Waals surface area contributed by atoms with Crippen molar-refractivity contribution in [3.05, 3.63) is 68.2 Å². The molecule has 3 aromatic heterocycles. The quantitative estimate of drug-likeness (QED) is 0.403. The molecule has 4 aromatic rings. The predicted octanol–water partition coefficient (Wildman–Crippen LogP) is 3.99. The van der Waals surface area contributed by atoms with Gasteiger partial charge in [-0.25, -0.2) is 18.5 Å². The fourth-order valence-electron chi connectivity index (χ4n) is 3.43. The molecule has 0 bridgehead atoms. The van der Waals surface area contributed by atoms with E-state index in [0.717, 1.165) is 5.56 Å². The van der Waals surface area contributed by atoms with E-state index in [0.29, 0.717) is 11.1 Å². The normalized spacial score (nSPS) is 12.8. The molecule has 2 N–H and O–H groups in total. The van der Waals surface area contributed by atoms with E-state index in [1.807, 2.05) is 0 Å². The van der Waals surface area contributed by atoms with Crippen molar-refractivity contribution in [3.63, 3.8) is 0 Å². The van der Waals surface area contributed by atoms with Crippen molar-refractivity contribution >= 4 is 44.2 Å². The van der Waals surface area contributed by atoms with E-state index in [-0.39, 0.29) is 32.7 Å². The Hall–Kier alpha value is -2.92. The Kier molecular flexibility index (Phi) is 5.95. The Morgan fingerprint density at radius 3 is 2.61 bits per heavy atom. The Balaban J connectivity index is 1.89. The van der Waals surface area contributed by atoms with E-state index in [4.69, 9.17) is 37.5 Å². The van der Waals surface area contributed by atoms with Crippen LogP contribution in [-0.2, 0) is 17.1 Å². The maximum atomic E-state index is 13.1. The van der Waals surface area contributed by atoms with E-state index in [1.165, 1.54) is 18.3 Å².